The SMILES string of the molecule is Cc1ccc(NC(=O)C2CCCN(S(=O)(=O)c3ccc(Br)s3)C2)c(O)c1. The molecule has 0 radical (unpaired) electrons. The molecule has 2 N–H and O–H groups in total. The molecule has 2 heterocycles. The Hall–Kier alpha value is -1.42. The number of phenolic OH excluding ortho intramolecular Hbond substituents is 1. The van der Waals surface area contributed by atoms with Crippen molar-refractivity contribution in [1.29, 1.82) is 0 Å². The molecule has 0 bridgehead atoms. The summed E-state index contributed by atoms with van der Waals surface area (Å²) in [5.41, 5.74) is 1.22. The maximum Gasteiger partial charge on any atom is 0.252 e. The molecular weight excluding hydrogens is 440 g/mol. The number of piperidine rings is 1. The number of benzene rings is 1. The minimum Gasteiger partial charge on any atom is -0.506 e. The Morgan fingerprint density at radius 2 is 2.12 bits per heavy atom. The fraction of sp³-hybridized carbons (Fsp3) is 0.353. The van der Waals surface area contributed by atoms with Crippen LogP contribution in [-0.2, 0) is 14.8 Å². The lowest BCUT2D eigenvalue weighted by molar-refractivity contribution is -0.120. The van der Waals surface area contributed by atoms with Gasteiger partial charge in [-0.2, -0.15) is 4.31 Å². The van der Waals surface area contributed by atoms with Gasteiger partial charge in [0.1, 0.15) is 9.96 Å². The van der Waals surface area contributed by atoms with Gasteiger partial charge in [0.25, 0.3) is 10.0 Å². The molecule has 1 fully saturated rings. The first kappa shape index (κ1) is 19.3. The topological polar surface area (TPSA) is 86.7 Å². The van der Waals surface area contributed by atoms with Crippen molar-refractivity contribution in [2.45, 2.75) is 24.0 Å². The van der Waals surface area contributed by atoms with Crippen LogP contribution in [0.15, 0.2) is 38.3 Å². The molecule has 0 spiro atoms. The van der Waals surface area contributed by atoms with E-state index in [9.17, 15) is 18.3 Å². The number of hydrogen-bond acceptors (Lipinski definition) is 5. The van der Waals surface area contributed by atoms with Crippen LogP contribution in [0.4, 0.5) is 5.69 Å². The van der Waals surface area contributed by atoms with E-state index in [0.717, 1.165) is 20.7 Å². The van der Waals surface area contributed by atoms with Crippen LogP contribution in [-0.4, -0.2) is 36.8 Å². The molecule has 3 rings (SSSR count). The highest BCUT2D eigenvalue weighted by Gasteiger charge is 2.34. The van der Waals surface area contributed by atoms with E-state index in [2.05, 4.69) is 21.2 Å². The number of sulfonamides is 1. The van der Waals surface area contributed by atoms with Gasteiger partial charge >= 0.3 is 0 Å². The third kappa shape index (κ3) is 4.11. The number of carbonyl (C=O) groups excluding carboxylic acids is 1. The van der Waals surface area contributed by atoms with Crippen LogP contribution in [0.3, 0.4) is 0 Å². The number of aromatic hydroxyl groups is 1. The molecule has 9 heteroatoms. The number of rotatable bonds is 4. The normalized spacial score (nSPS) is 18.6. The summed E-state index contributed by atoms with van der Waals surface area (Å²) in [6.07, 6.45) is 1.22. The Morgan fingerprint density at radius 3 is 2.77 bits per heavy atom. The summed E-state index contributed by atoms with van der Waals surface area (Å²) in [6.45, 7) is 2.38. The molecule has 1 unspecified atom stereocenters. The Balaban J connectivity index is 1.72. The zero-order valence-electron chi connectivity index (χ0n) is 14.1. The molecule has 0 saturated carbocycles. The summed E-state index contributed by atoms with van der Waals surface area (Å²) in [6, 6.07) is 8.27. The van der Waals surface area contributed by atoms with Crippen LogP contribution in [0.1, 0.15) is 18.4 Å². The molecule has 1 atom stereocenters. The Morgan fingerprint density at radius 1 is 1.35 bits per heavy atom. The van der Waals surface area contributed by atoms with Gasteiger partial charge in [0.2, 0.25) is 5.91 Å². The van der Waals surface area contributed by atoms with E-state index in [1.54, 1.807) is 30.3 Å². The Labute approximate surface area is 165 Å². The van der Waals surface area contributed by atoms with Crippen molar-refractivity contribution in [1.82, 2.24) is 4.31 Å². The second-order valence-corrected chi connectivity index (χ2v) is 10.9. The number of phenols is 1. The first-order valence-corrected chi connectivity index (χ1v) is 11.2. The highest BCUT2D eigenvalue weighted by Crippen LogP contribution is 2.31. The largest absolute Gasteiger partial charge is 0.506 e. The minimum atomic E-state index is -3.60. The van der Waals surface area contributed by atoms with E-state index in [0.29, 0.717) is 25.1 Å². The smallest absolute Gasteiger partial charge is 0.252 e. The predicted molar refractivity (Wildman–Crippen MR) is 105 cm³/mol. The average molecular weight is 459 g/mol. The van der Waals surface area contributed by atoms with Gasteiger partial charge in [0.05, 0.1) is 15.4 Å². The number of carbonyl (C=O) groups is 1. The highest BCUT2D eigenvalue weighted by molar-refractivity contribution is 9.11. The lowest BCUT2D eigenvalue weighted by Gasteiger charge is -2.30. The number of anilines is 1. The summed E-state index contributed by atoms with van der Waals surface area (Å²) in [5, 5.41) is 12.7. The third-order valence-electron chi connectivity index (χ3n) is 4.31. The number of nitrogens with one attached hydrogen (secondary N) is 1. The van der Waals surface area contributed by atoms with Crippen LogP contribution in [0, 0.1) is 12.8 Å². The van der Waals surface area contributed by atoms with Gasteiger partial charge in [-0.1, -0.05) is 6.07 Å². The van der Waals surface area contributed by atoms with Crippen LogP contribution in [0.25, 0.3) is 0 Å². The molecule has 2 aromatic rings. The van der Waals surface area contributed by atoms with Gasteiger partial charge in [0.15, 0.2) is 0 Å². The quantitative estimate of drug-likeness (QED) is 0.685. The lowest BCUT2D eigenvalue weighted by atomic mass is 9.98. The maximum absolute atomic E-state index is 12.8. The number of aryl methyl sites for hydroxylation is 1. The molecule has 1 aromatic carbocycles. The van der Waals surface area contributed by atoms with Crippen LogP contribution in [0.2, 0.25) is 0 Å². The van der Waals surface area contributed by atoms with Crippen molar-refractivity contribution in [2.24, 2.45) is 5.92 Å². The Bertz CT molecular complexity index is 927. The number of thiophene rings is 1. The van der Waals surface area contributed by atoms with E-state index in [1.807, 2.05) is 6.92 Å². The highest BCUT2D eigenvalue weighted by atomic mass is 79.9. The molecule has 1 aromatic heterocycles. The van der Waals surface area contributed by atoms with Crippen LogP contribution >= 0.6 is 27.3 Å². The summed E-state index contributed by atoms with van der Waals surface area (Å²) in [7, 11) is -3.60. The van der Waals surface area contributed by atoms with E-state index < -0.39 is 15.9 Å². The van der Waals surface area contributed by atoms with Gasteiger partial charge in [-0.3, -0.25) is 4.79 Å². The zero-order valence-corrected chi connectivity index (χ0v) is 17.3. The van der Waals surface area contributed by atoms with Gasteiger partial charge in [-0.25, -0.2) is 8.42 Å². The van der Waals surface area contributed by atoms with Crippen LogP contribution in [0.5, 0.6) is 5.75 Å². The standard InChI is InChI=1S/C17H19BrN2O4S2/c1-11-4-5-13(14(21)9-11)19-17(22)12-3-2-8-20(10-12)26(23,24)16-7-6-15(18)25-16/h4-7,9,12,21H,2-3,8,10H2,1H3,(H,19,22). The van der Waals surface area contributed by atoms with Gasteiger partial charge in [-0.15, -0.1) is 11.3 Å². The zero-order chi connectivity index (χ0) is 18.9. The minimum absolute atomic E-state index is 0.00192. The molecule has 1 aliphatic heterocycles. The number of nitrogens with zero attached hydrogens (tertiary/aromatic N) is 1. The lowest BCUT2D eigenvalue weighted by Crippen LogP contribution is -2.43. The number of halogens is 1. The molecule has 1 amide bonds. The second-order valence-electron chi connectivity index (χ2n) is 6.27. The second kappa shape index (κ2) is 7.67. The monoisotopic (exact) mass is 458 g/mol. The molecule has 140 valence electrons. The fourth-order valence-corrected chi connectivity index (χ4v) is 6.61. The maximum atomic E-state index is 12.8. The summed E-state index contributed by atoms with van der Waals surface area (Å²) >= 11 is 4.44. The molecule has 26 heavy (non-hydrogen) atoms. The van der Waals surface area contributed by atoms with Gasteiger partial charge in [0, 0.05) is 13.1 Å². The fourth-order valence-electron chi connectivity index (χ4n) is 2.92. The third-order valence-corrected chi connectivity index (χ3v) is 8.26. The van der Waals surface area contributed by atoms with Crippen molar-refractivity contribution >= 4 is 48.9 Å². The first-order valence-electron chi connectivity index (χ1n) is 8.13. The van der Waals surface area contributed by atoms with Crippen molar-refractivity contribution in [3.05, 3.63) is 39.7 Å². The van der Waals surface area contributed by atoms with Crippen molar-refractivity contribution in [2.75, 3.05) is 18.4 Å². The van der Waals surface area contributed by atoms with Gasteiger partial charge < -0.3 is 10.4 Å². The Kier molecular flexibility index (Phi) is 5.71. The predicted octanol–water partition coefficient (Wildman–Crippen LogP) is 3.56. The first-order chi connectivity index (χ1) is 12.3. The molecule has 1 aliphatic rings. The molecular formula is C17H19BrN2O4S2. The summed E-state index contributed by atoms with van der Waals surface area (Å²) < 4.78 is 27.9. The summed E-state index contributed by atoms with van der Waals surface area (Å²) in [4.78, 5) is 12.6. The number of amides is 1. The van der Waals surface area contributed by atoms with E-state index in [4.69, 9.17) is 0 Å². The van der Waals surface area contributed by atoms with E-state index in [1.165, 1.54) is 4.31 Å². The average Bonchev–Trinajstić information content (AvgIpc) is 3.05. The molecule has 6 nitrogen and oxygen atoms in total. The van der Waals surface area contributed by atoms with E-state index >= 15 is 0 Å². The van der Waals surface area contributed by atoms with E-state index in [-0.39, 0.29) is 22.4 Å². The number of hydrogen-bond donors (Lipinski definition) is 2. The van der Waals surface area contributed by atoms with Crippen molar-refractivity contribution in [3.63, 3.8) is 0 Å². The summed E-state index contributed by atoms with van der Waals surface area (Å²) in [5.74, 6) is -0.735. The molecule has 1 saturated heterocycles. The van der Waals surface area contributed by atoms with Gasteiger partial charge in [-0.05, 0) is 65.5 Å². The van der Waals surface area contributed by atoms with Crippen molar-refractivity contribution < 1.29 is 18.3 Å². The van der Waals surface area contributed by atoms with Crippen LogP contribution < -0.4 is 5.32 Å². The molecule has 0 aliphatic carbocycles. The van der Waals surface area contributed by atoms with Crippen molar-refractivity contribution in [3.8, 4) is 5.75 Å².